The molecule has 2 aliphatic rings. The monoisotopic (exact) mass is 286 g/mol. The van der Waals surface area contributed by atoms with E-state index in [-0.39, 0.29) is 11.8 Å². The van der Waals surface area contributed by atoms with E-state index < -0.39 is 5.41 Å². The Kier molecular flexibility index (Phi) is 3.70. The summed E-state index contributed by atoms with van der Waals surface area (Å²) < 4.78 is 0. The van der Waals surface area contributed by atoms with E-state index in [9.17, 15) is 9.59 Å². The minimum Gasteiger partial charge on any atom is -0.399 e. The SMILES string of the molecule is Nc1ccc([C@]2(C3CCCCC3)CCC(=O)NC2=O)cc1. The van der Waals surface area contributed by atoms with Gasteiger partial charge >= 0.3 is 0 Å². The summed E-state index contributed by atoms with van der Waals surface area (Å²) in [6, 6.07) is 7.62. The molecule has 0 aromatic heterocycles. The molecular weight excluding hydrogens is 264 g/mol. The van der Waals surface area contributed by atoms with E-state index >= 15 is 0 Å². The maximum Gasteiger partial charge on any atom is 0.237 e. The third-order valence-electron chi connectivity index (χ3n) is 5.13. The van der Waals surface area contributed by atoms with E-state index in [1.807, 2.05) is 24.3 Å². The van der Waals surface area contributed by atoms with Crippen molar-refractivity contribution in [3.63, 3.8) is 0 Å². The minimum absolute atomic E-state index is 0.115. The number of amides is 2. The lowest BCUT2D eigenvalue weighted by Gasteiger charge is -2.43. The van der Waals surface area contributed by atoms with Crippen molar-refractivity contribution in [2.45, 2.75) is 50.4 Å². The quantitative estimate of drug-likeness (QED) is 0.648. The molecule has 1 aromatic carbocycles. The molecule has 1 saturated heterocycles. The number of imide groups is 1. The second-order valence-electron chi connectivity index (χ2n) is 6.31. The number of hydrogen-bond acceptors (Lipinski definition) is 3. The highest BCUT2D eigenvalue weighted by molar-refractivity contribution is 6.03. The fourth-order valence-corrected chi connectivity index (χ4v) is 4.00. The zero-order valence-electron chi connectivity index (χ0n) is 12.2. The molecule has 21 heavy (non-hydrogen) atoms. The van der Waals surface area contributed by atoms with E-state index in [0.29, 0.717) is 24.4 Å². The summed E-state index contributed by atoms with van der Waals surface area (Å²) in [6.45, 7) is 0. The van der Waals surface area contributed by atoms with Crippen molar-refractivity contribution >= 4 is 17.5 Å². The Balaban J connectivity index is 2.03. The van der Waals surface area contributed by atoms with Crippen LogP contribution in [0.15, 0.2) is 24.3 Å². The third kappa shape index (κ3) is 2.43. The predicted octanol–water partition coefficient (Wildman–Crippen LogP) is 2.52. The van der Waals surface area contributed by atoms with E-state index in [1.54, 1.807) is 0 Å². The van der Waals surface area contributed by atoms with Gasteiger partial charge in [-0.25, -0.2) is 0 Å². The van der Waals surface area contributed by atoms with Crippen molar-refractivity contribution in [2.75, 3.05) is 5.73 Å². The summed E-state index contributed by atoms with van der Waals surface area (Å²) in [5.41, 5.74) is 6.93. The van der Waals surface area contributed by atoms with Gasteiger partial charge in [-0.1, -0.05) is 31.4 Å². The number of nitrogen functional groups attached to an aromatic ring is 1. The first kappa shape index (κ1) is 14.1. The molecule has 112 valence electrons. The minimum atomic E-state index is -0.554. The van der Waals surface area contributed by atoms with Gasteiger partial charge in [-0.3, -0.25) is 14.9 Å². The molecule has 1 saturated carbocycles. The van der Waals surface area contributed by atoms with Crippen LogP contribution in [0.5, 0.6) is 0 Å². The average molecular weight is 286 g/mol. The van der Waals surface area contributed by atoms with Crippen LogP contribution in [-0.4, -0.2) is 11.8 Å². The number of benzene rings is 1. The molecule has 1 aromatic rings. The topological polar surface area (TPSA) is 72.2 Å². The van der Waals surface area contributed by atoms with Gasteiger partial charge < -0.3 is 5.73 Å². The van der Waals surface area contributed by atoms with Gasteiger partial charge in [0.2, 0.25) is 11.8 Å². The van der Waals surface area contributed by atoms with Crippen LogP contribution in [0.2, 0.25) is 0 Å². The molecule has 3 rings (SSSR count). The molecule has 4 heteroatoms. The van der Waals surface area contributed by atoms with Crippen LogP contribution in [0.1, 0.15) is 50.5 Å². The Morgan fingerprint density at radius 1 is 1.05 bits per heavy atom. The molecule has 1 heterocycles. The number of piperidine rings is 1. The van der Waals surface area contributed by atoms with E-state index in [0.717, 1.165) is 18.4 Å². The van der Waals surface area contributed by atoms with E-state index in [2.05, 4.69) is 5.32 Å². The number of nitrogens with one attached hydrogen (secondary N) is 1. The average Bonchev–Trinajstić information content (AvgIpc) is 2.50. The van der Waals surface area contributed by atoms with Crippen molar-refractivity contribution in [3.05, 3.63) is 29.8 Å². The zero-order valence-corrected chi connectivity index (χ0v) is 12.2. The van der Waals surface area contributed by atoms with Crippen LogP contribution in [0, 0.1) is 5.92 Å². The fraction of sp³-hybridized carbons (Fsp3) is 0.529. The van der Waals surface area contributed by atoms with Gasteiger partial charge in [-0.05, 0) is 42.9 Å². The number of hydrogen-bond donors (Lipinski definition) is 2. The smallest absolute Gasteiger partial charge is 0.237 e. The van der Waals surface area contributed by atoms with Gasteiger partial charge in [0.1, 0.15) is 0 Å². The summed E-state index contributed by atoms with van der Waals surface area (Å²) in [4.78, 5) is 24.3. The highest BCUT2D eigenvalue weighted by Gasteiger charge is 2.49. The molecule has 1 aliphatic heterocycles. The molecule has 0 unspecified atom stereocenters. The summed E-state index contributed by atoms with van der Waals surface area (Å²) in [6.07, 6.45) is 6.75. The summed E-state index contributed by atoms with van der Waals surface area (Å²) >= 11 is 0. The molecule has 2 amide bonds. The van der Waals surface area contributed by atoms with Crippen LogP contribution in [-0.2, 0) is 15.0 Å². The van der Waals surface area contributed by atoms with Crippen LogP contribution >= 0.6 is 0 Å². The first-order chi connectivity index (χ1) is 10.1. The van der Waals surface area contributed by atoms with Gasteiger partial charge in [0.15, 0.2) is 0 Å². The molecule has 0 radical (unpaired) electrons. The Morgan fingerprint density at radius 2 is 1.71 bits per heavy atom. The lowest BCUT2D eigenvalue weighted by Crippen LogP contribution is -2.55. The second-order valence-corrected chi connectivity index (χ2v) is 6.31. The lowest BCUT2D eigenvalue weighted by molar-refractivity contribution is -0.140. The van der Waals surface area contributed by atoms with Crippen molar-refractivity contribution < 1.29 is 9.59 Å². The molecule has 3 N–H and O–H groups in total. The van der Waals surface area contributed by atoms with Gasteiger partial charge in [0.05, 0.1) is 5.41 Å². The Hall–Kier alpha value is -1.84. The normalized spacial score (nSPS) is 27.4. The van der Waals surface area contributed by atoms with E-state index in [1.165, 1.54) is 19.3 Å². The fourth-order valence-electron chi connectivity index (χ4n) is 4.00. The molecule has 4 nitrogen and oxygen atoms in total. The third-order valence-corrected chi connectivity index (χ3v) is 5.13. The predicted molar refractivity (Wildman–Crippen MR) is 81.5 cm³/mol. The van der Waals surface area contributed by atoms with Gasteiger partial charge in [0.25, 0.3) is 0 Å². The Labute approximate surface area is 125 Å². The van der Waals surface area contributed by atoms with Crippen LogP contribution in [0.3, 0.4) is 0 Å². The highest BCUT2D eigenvalue weighted by Crippen LogP contribution is 2.46. The molecular formula is C17H22N2O2. The van der Waals surface area contributed by atoms with Crippen LogP contribution < -0.4 is 11.1 Å². The standard InChI is InChI=1S/C17H22N2O2/c18-14-8-6-13(7-9-14)17(12-4-2-1-3-5-12)11-10-15(20)19-16(17)21/h6-9,12H,1-5,10-11,18H2,(H,19,20,21)/t17-/m1/s1. The lowest BCUT2D eigenvalue weighted by atomic mass is 9.61. The van der Waals surface area contributed by atoms with Crippen LogP contribution in [0.25, 0.3) is 0 Å². The van der Waals surface area contributed by atoms with Gasteiger partial charge in [-0.15, -0.1) is 0 Å². The number of carbonyl (C=O) groups is 2. The zero-order chi connectivity index (χ0) is 14.9. The largest absolute Gasteiger partial charge is 0.399 e. The van der Waals surface area contributed by atoms with Gasteiger partial charge in [0, 0.05) is 12.1 Å². The summed E-state index contributed by atoms with van der Waals surface area (Å²) in [5, 5.41) is 2.57. The Morgan fingerprint density at radius 3 is 2.33 bits per heavy atom. The van der Waals surface area contributed by atoms with Crippen molar-refractivity contribution in [1.82, 2.24) is 5.32 Å². The number of carbonyl (C=O) groups excluding carboxylic acids is 2. The number of rotatable bonds is 2. The number of nitrogens with two attached hydrogens (primary N) is 1. The molecule has 1 atom stereocenters. The Bertz CT molecular complexity index is 546. The molecule has 0 bridgehead atoms. The van der Waals surface area contributed by atoms with Gasteiger partial charge in [-0.2, -0.15) is 0 Å². The summed E-state index contributed by atoms with van der Waals surface area (Å²) in [5.74, 6) is 0.0558. The van der Waals surface area contributed by atoms with E-state index in [4.69, 9.17) is 5.73 Å². The maximum absolute atomic E-state index is 12.7. The van der Waals surface area contributed by atoms with Crippen molar-refractivity contribution in [2.24, 2.45) is 5.92 Å². The summed E-state index contributed by atoms with van der Waals surface area (Å²) in [7, 11) is 0. The highest BCUT2D eigenvalue weighted by atomic mass is 16.2. The second kappa shape index (κ2) is 5.51. The van der Waals surface area contributed by atoms with Crippen molar-refractivity contribution in [1.29, 1.82) is 0 Å². The first-order valence-electron chi connectivity index (χ1n) is 7.83. The molecule has 0 spiro atoms. The van der Waals surface area contributed by atoms with Crippen molar-refractivity contribution in [3.8, 4) is 0 Å². The molecule has 2 fully saturated rings. The molecule has 1 aliphatic carbocycles. The first-order valence-corrected chi connectivity index (χ1v) is 7.83. The van der Waals surface area contributed by atoms with Crippen LogP contribution in [0.4, 0.5) is 5.69 Å². The number of anilines is 1. The maximum atomic E-state index is 12.7.